The highest BCUT2D eigenvalue weighted by molar-refractivity contribution is 7.93. The molecule has 1 aromatic rings. The number of likely N-dealkylation sites (tertiary alicyclic amines) is 1. The van der Waals surface area contributed by atoms with Crippen LogP contribution in [0.25, 0.3) is 0 Å². The second-order valence-electron chi connectivity index (χ2n) is 6.68. The van der Waals surface area contributed by atoms with Crippen molar-refractivity contribution in [2.45, 2.75) is 39.2 Å². The number of halogens is 1. The summed E-state index contributed by atoms with van der Waals surface area (Å²) in [6, 6.07) is 7.94. The molecule has 4 nitrogen and oxygen atoms in total. The predicted octanol–water partition coefficient (Wildman–Crippen LogP) is 4.75. The molecule has 0 bridgehead atoms. The van der Waals surface area contributed by atoms with Crippen molar-refractivity contribution in [3.63, 3.8) is 0 Å². The fraction of sp³-hybridized carbons (Fsp3) is 0.611. The average molecular weight is 357 g/mol. The van der Waals surface area contributed by atoms with E-state index in [1.54, 1.807) is 23.1 Å². The van der Waals surface area contributed by atoms with E-state index in [2.05, 4.69) is 0 Å². The molecule has 1 aliphatic rings. The van der Waals surface area contributed by atoms with Gasteiger partial charge in [0.2, 0.25) is 0 Å². The van der Waals surface area contributed by atoms with Crippen LogP contribution in [-0.2, 0) is 8.92 Å². The van der Waals surface area contributed by atoms with Crippen LogP contribution in [0.1, 0.15) is 33.6 Å². The molecule has 1 aromatic carbocycles. The highest BCUT2D eigenvalue weighted by Crippen LogP contribution is 2.20. The van der Waals surface area contributed by atoms with E-state index in [0.29, 0.717) is 12.5 Å². The Hall–Kier alpha value is -1.27. The van der Waals surface area contributed by atoms with Crippen molar-refractivity contribution in [1.29, 1.82) is 0 Å². The molecule has 1 amide bonds. The number of piperidine rings is 1. The van der Waals surface area contributed by atoms with E-state index < -0.39 is 5.60 Å². The minimum atomic E-state index is -0.417. The molecule has 0 aliphatic carbocycles. The van der Waals surface area contributed by atoms with Crippen molar-refractivity contribution in [3.05, 3.63) is 36.1 Å². The molecule has 0 saturated carbocycles. The Balaban J connectivity index is 0.000000341. The zero-order valence-corrected chi connectivity index (χ0v) is 15.8. The first kappa shape index (κ1) is 20.8. The van der Waals surface area contributed by atoms with Gasteiger partial charge in [-0.05, 0) is 57.8 Å². The summed E-state index contributed by atoms with van der Waals surface area (Å²) in [4.78, 5) is 13.7. The lowest BCUT2D eigenvalue weighted by Gasteiger charge is -2.33. The van der Waals surface area contributed by atoms with Gasteiger partial charge < -0.3 is 13.8 Å². The Morgan fingerprint density at radius 3 is 2.50 bits per heavy atom. The fourth-order valence-electron chi connectivity index (χ4n) is 2.27. The van der Waals surface area contributed by atoms with Crippen molar-refractivity contribution in [2.24, 2.45) is 5.92 Å². The molecule has 0 radical (unpaired) electrons. The topological polar surface area (TPSA) is 38.8 Å². The van der Waals surface area contributed by atoms with Gasteiger partial charge in [0.25, 0.3) is 0 Å². The molecule has 1 aliphatic heterocycles. The average Bonchev–Trinajstić information content (AvgIpc) is 2.53. The van der Waals surface area contributed by atoms with Gasteiger partial charge >= 0.3 is 6.09 Å². The van der Waals surface area contributed by atoms with E-state index in [1.165, 1.54) is 24.2 Å². The number of nitrogens with zero attached hydrogens (tertiary/aromatic N) is 1. The van der Waals surface area contributed by atoms with Crippen LogP contribution in [0.3, 0.4) is 0 Å². The number of ether oxygens (including phenoxy) is 1. The highest BCUT2D eigenvalue weighted by Gasteiger charge is 2.27. The Labute approximate surface area is 148 Å². The van der Waals surface area contributed by atoms with Crippen LogP contribution in [-0.4, -0.2) is 42.5 Å². The van der Waals surface area contributed by atoms with Crippen LogP contribution in [0.2, 0.25) is 0 Å². The molecule has 2 rings (SSSR count). The molecule has 6 heteroatoms. The zero-order chi connectivity index (χ0) is 18.0. The summed E-state index contributed by atoms with van der Waals surface area (Å²) in [6.07, 6.45) is 3.86. The SMILES string of the molecule is CSOCC1CCCN(C(=O)OC(C)(C)C)C1.Fc1ccccc1. The zero-order valence-electron chi connectivity index (χ0n) is 15.0. The molecule has 1 atom stereocenters. The third kappa shape index (κ3) is 9.13. The second-order valence-corrected chi connectivity index (χ2v) is 7.25. The molecule has 1 fully saturated rings. The number of carbonyl (C=O) groups excluding carboxylic acids is 1. The lowest BCUT2D eigenvalue weighted by molar-refractivity contribution is 0.0144. The maximum atomic E-state index is 11.9. The Kier molecular flexibility index (Phi) is 9.14. The summed E-state index contributed by atoms with van der Waals surface area (Å²) >= 11 is 1.38. The van der Waals surface area contributed by atoms with Gasteiger partial charge in [-0.3, -0.25) is 0 Å². The van der Waals surface area contributed by atoms with Crippen LogP contribution in [0, 0.1) is 11.7 Å². The van der Waals surface area contributed by atoms with Gasteiger partial charge in [-0.2, -0.15) is 0 Å². The summed E-state index contributed by atoms with van der Waals surface area (Å²) in [5.41, 5.74) is -0.417. The molecule has 0 spiro atoms. The van der Waals surface area contributed by atoms with Crippen molar-refractivity contribution in [3.8, 4) is 0 Å². The summed E-state index contributed by atoms with van der Waals surface area (Å²) in [6.45, 7) is 7.93. The molecular formula is C18H28FNO3S. The van der Waals surface area contributed by atoms with E-state index in [4.69, 9.17) is 8.92 Å². The van der Waals surface area contributed by atoms with Gasteiger partial charge in [0.15, 0.2) is 0 Å². The second kappa shape index (κ2) is 10.6. The van der Waals surface area contributed by atoms with Crippen LogP contribution < -0.4 is 0 Å². The normalized spacial score (nSPS) is 17.7. The van der Waals surface area contributed by atoms with E-state index in [9.17, 15) is 9.18 Å². The number of amides is 1. The molecule has 0 aromatic heterocycles. The van der Waals surface area contributed by atoms with Gasteiger partial charge in [-0.15, -0.1) is 0 Å². The van der Waals surface area contributed by atoms with E-state index in [1.807, 2.05) is 27.0 Å². The lowest BCUT2D eigenvalue weighted by atomic mass is 9.99. The van der Waals surface area contributed by atoms with Crippen molar-refractivity contribution >= 4 is 18.1 Å². The third-order valence-electron chi connectivity index (χ3n) is 3.33. The molecule has 1 saturated heterocycles. The first-order chi connectivity index (χ1) is 11.3. The Bertz CT molecular complexity index is 479. The number of hydrogen-bond acceptors (Lipinski definition) is 4. The predicted molar refractivity (Wildman–Crippen MR) is 96.4 cm³/mol. The largest absolute Gasteiger partial charge is 0.444 e. The number of carbonyl (C=O) groups is 1. The van der Waals surface area contributed by atoms with Crippen LogP contribution in [0.4, 0.5) is 9.18 Å². The molecule has 136 valence electrons. The van der Waals surface area contributed by atoms with Gasteiger partial charge in [0.05, 0.1) is 6.61 Å². The number of hydrogen-bond donors (Lipinski definition) is 0. The minimum absolute atomic E-state index is 0.178. The molecule has 1 unspecified atom stereocenters. The molecule has 24 heavy (non-hydrogen) atoms. The summed E-state index contributed by atoms with van der Waals surface area (Å²) < 4.78 is 22.6. The summed E-state index contributed by atoms with van der Waals surface area (Å²) in [5.74, 6) is 0.256. The van der Waals surface area contributed by atoms with Gasteiger partial charge in [-0.25, -0.2) is 9.18 Å². The van der Waals surface area contributed by atoms with Crippen molar-refractivity contribution in [2.75, 3.05) is 26.0 Å². The maximum absolute atomic E-state index is 11.9. The molecular weight excluding hydrogens is 329 g/mol. The fourth-order valence-corrected chi connectivity index (χ4v) is 2.60. The summed E-state index contributed by atoms with van der Waals surface area (Å²) in [7, 11) is 0. The van der Waals surface area contributed by atoms with Gasteiger partial charge in [-0.1, -0.05) is 18.2 Å². The first-order valence-corrected chi connectivity index (χ1v) is 9.31. The minimum Gasteiger partial charge on any atom is -0.444 e. The number of benzene rings is 1. The van der Waals surface area contributed by atoms with E-state index in [0.717, 1.165) is 25.9 Å². The smallest absolute Gasteiger partial charge is 0.410 e. The molecule has 1 heterocycles. The summed E-state index contributed by atoms with van der Waals surface area (Å²) in [5, 5.41) is 0. The highest BCUT2D eigenvalue weighted by atomic mass is 32.2. The first-order valence-electron chi connectivity index (χ1n) is 8.16. The monoisotopic (exact) mass is 357 g/mol. The van der Waals surface area contributed by atoms with Gasteiger partial charge in [0.1, 0.15) is 11.4 Å². The van der Waals surface area contributed by atoms with Crippen LogP contribution in [0.15, 0.2) is 30.3 Å². The third-order valence-corrected chi connectivity index (χ3v) is 3.70. The molecule has 0 N–H and O–H groups in total. The Morgan fingerprint density at radius 2 is 2.00 bits per heavy atom. The van der Waals surface area contributed by atoms with Gasteiger partial charge in [0, 0.05) is 25.3 Å². The van der Waals surface area contributed by atoms with Crippen molar-refractivity contribution < 1.29 is 18.1 Å². The van der Waals surface area contributed by atoms with Crippen LogP contribution in [0.5, 0.6) is 0 Å². The number of rotatable bonds is 3. The standard InChI is InChI=1S/C12H23NO3S.C6H5F/c1-12(2,3)16-11(14)13-7-5-6-10(8-13)9-15-17-4;7-6-4-2-1-3-5-6/h10H,5-9H2,1-4H3;1-5H. The van der Waals surface area contributed by atoms with Crippen molar-refractivity contribution in [1.82, 2.24) is 4.90 Å². The quantitative estimate of drug-likeness (QED) is 0.732. The maximum Gasteiger partial charge on any atom is 0.410 e. The lowest BCUT2D eigenvalue weighted by Crippen LogP contribution is -2.43. The van der Waals surface area contributed by atoms with E-state index >= 15 is 0 Å². The van der Waals surface area contributed by atoms with Crippen LogP contribution >= 0.6 is 12.0 Å². The van der Waals surface area contributed by atoms with E-state index in [-0.39, 0.29) is 11.9 Å². The Morgan fingerprint density at radius 1 is 1.33 bits per heavy atom.